The largest absolute Gasteiger partial charge is 0.503 e. The van der Waals surface area contributed by atoms with Crippen LogP contribution in [0, 0.1) is 6.92 Å². The van der Waals surface area contributed by atoms with E-state index < -0.39 is 23.5 Å². The first-order valence-electron chi connectivity index (χ1n) is 11.8. The molecule has 198 valence electrons. The highest BCUT2D eigenvalue weighted by Crippen LogP contribution is 2.44. The fraction of sp³-hybridized carbons (Fsp3) is 0.143. The zero-order valence-electron chi connectivity index (χ0n) is 20.7. The first-order chi connectivity index (χ1) is 18.9. The van der Waals surface area contributed by atoms with Gasteiger partial charge in [-0.3, -0.25) is 14.5 Å². The van der Waals surface area contributed by atoms with Gasteiger partial charge in [-0.1, -0.05) is 71.6 Å². The van der Waals surface area contributed by atoms with Crippen molar-refractivity contribution in [1.29, 1.82) is 0 Å². The number of ether oxygens (including phenoxy) is 1. The van der Waals surface area contributed by atoms with Gasteiger partial charge in [-0.2, -0.15) is 0 Å². The Bertz CT molecular complexity index is 1560. The van der Waals surface area contributed by atoms with Crippen LogP contribution < -0.4 is 9.64 Å². The zero-order valence-corrected chi connectivity index (χ0v) is 23.1. The van der Waals surface area contributed by atoms with Crippen LogP contribution >= 0.6 is 34.7 Å². The predicted octanol–water partition coefficient (Wildman–Crippen LogP) is 6.73. The second kappa shape index (κ2) is 11.5. The van der Waals surface area contributed by atoms with E-state index >= 15 is 0 Å². The lowest BCUT2D eigenvalue weighted by Gasteiger charge is -2.24. The van der Waals surface area contributed by atoms with Gasteiger partial charge in [0.05, 0.1) is 11.6 Å². The number of halogens is 1. The molecular formula is C28H22ClN3O5S2. The Morgan fingerprint density at radius 1 is 1.18 bits per heavy atom. The molecule has 8 nitrogen and oxygen atoms in total. The van der Waals surface area contributed by atoms with E-state index in [4.69, 9.17) is 20.8 Å². The summed E-state index contributed by atoms with van der Waals surface area (Å²) in [4.78, 5) is 28.2. The van der Waals surface area contributed by atoms with E-state index in [0.717, 1.165) is 5.56 Å². The number of benzene rings is 2. The van der Waals surface area contributed by atoms with Crippen LogP contribution in [0.3, 0.4) is 0 Å². The highest BCUT2D eigenvalue weighted by Gasteiger charge is 2.46. The molecule has 1 atom stereocenters. The maximum Gasteiger partial charge on any atom is 0.296 e. The van der Waals surface area contributed by atoms with Gasteiger partial charge in [0.25, 0.3) is 5.91 Å². The number of furan rings is 1. The number of carbonyl (C=O) groups is 2. The molecule has 1 aliphatic rings. The van der Waals surface area contributed by atoms with Gasteiger partial charge < -0.3 is 14.3 Å². The van der Waals surface area contributed by atoms with E-state index in [1.807, 2.05) is 24.3 Å². The standard InChI is InChI=1S/C28H22ClN3O5S2/c1-3-14-36-20-11-7-18(8-12-20)23-22(24(33)21-13-4-16(2)37-21)25(34)26(35)32(23)27-30-31-28(39-27)38-15-17-5-9-19(29)10-6-17/h3-13,23,34H,1,14-15H2,2H3. The molecule has 1 aliphatic heterocycles. The monoisotopic (exact) mass is 579 g/mol. The Balaban J connectivity index is 1.48. The molecule has 1 unspecified atom stereocenters. The maximum absolute atomic E-state index is 13.5. The molecule has 2 aromatic heterocycles. The van der Waals surface area contributed by atoms with E-state index in [-0.39, 0.29) is 16.5 Å². The lowest BCUT2D eigenvalue weighted by Crippen LogP contribution is -2.31. The van der Waals surface area contributed by atoms with Crippen LogP contribution in [0.1, 0.15) is 33.5 Å². The van der Waals surface area contributed by atoms with Gasteiger partial charge in [-0.15, -0.1) is 10.2 Å². The van der Waals surface area contributed by atoms with Crippen LogP contribution in [0.4, 0.5) is 5.13 Å². The van der Waals surface area contributed by atoms with Gasteiger partial charge in [-0.05, 0) is 54.4 Å². The number of aromatic nitrogens is 2. The number of nitrogens with zero attached hydrogens (tertiary/aromatic N) is 3. The number of hydrogen-bond donors (Lipinski definition) is 1. The van der Waals surface area contributed by atoms with E-state index in [1.165, 1.54) is 34.1 Å². The smallest absolute Gasteiger partial charge is 0.296 e. The summed E-state index contributed by atoms with van der Waals surface area (Å²) < 4.78 is 11.7. The van der Waals surface area contributed by atoms with E-state index in [0.29, 0.717) is 38.8 Å². The number of anilines is 1. The number of Topliss-reactive ketones (excluding diaryl/α,β-unsaturated/α-hetero) is 1. The van der Waals surface area contributed by atoms with Crippen LogP contribution in [-0.4, -0.2) is 33.6 Å². The second-order valence-electron chi connectivity index (χ2n) is 8.51. The number of thioether (sulfide) groups is 1. The van der Waals surface area contributed by atoms with Crippen molar-refractivity contribution in [3.05, 3.63) is 112 Å². The van der Waals surface area contributed by atoms with E-state index in [2.05, 4.69) is 16.8 Å². The first kappa shape index (κ1) is 26.7. The molecule has 0 aliphatic carbocycles. The molecule has 1 amide bonds. The Labute approximate surface area is 237 Å². The average Bonchev–Trinajstić information content (AvgIpc) is 3.65. The zero-order chi connectivity index (χ0) is 27.5. The fourth-order valence-corrected chi connectivity index (χ4v) is 5.97. The Morgan fingerprint density at radius 2 is 1.92 bits per heavy atom. The van der Waals surface area contributed by atoms with Crippen LogP contribution in [0.25, 0.3) is 0 Å². The number of carbonyl (C=O) groups excluding carboxylic acids is 2. The van der Waals surface area contributed by atoms with Gasteiger partial charge in [0.2, 0.25) is 10.9 Å². The molecule has 3 heterocycles. The van der Waals surface area contributed by atoms with Crippen molar-refractivity contribution in [2.24, 2.45) is 0 Å². The van der Waals surface area contributed by atoms with Gasteiger partial charge in [0, 0.05) is 10.8 Å². The van der Waals surface area contributed by atoms with Crippen molar-refractivity contribution in [2.45, 2.75) is 23.1 Å². The van der Waals surface area contributed by atoms with Crippen molar-refractivity contribution in [3.8, 4) is 5.75 Å². The molecule has 0 saturated heterocycles. The number of aryl methyl sites for hydroxylation is 1. The van der Waals surface area contributed by atoms with Crippen molar-refractivity contribution in [3.63, 3.8) is 0 Å². The average molecular weight is 580 g/mol. The van der Waals surface area contributed by atoms with Crippen molar-refractivity contribution >= 4 is 51.5 Å². The maximum atomic E-state index is 13.5. The minimum Gasteiger partial charge on any atom is -0.503 e. The molecule has 39 heavy (non-hydrogen) atoms. The van der Waals surface area contributed by atoms with E-state index in [1.54, 1.807) is 43.3 Å². The summed E-state index contributed by atoms with van der Waals surface area (Å²) in [6.45, 7) is 5.68. The minimum absolute atomic E-state index is 0.0242. The Hall–Kier alpha value is -3.86. The Morgan fingerprint density at radius 3 is 2.59 bits per heavy atom. The van der Waals surface area contributed by atoms with Crippen LogP contribution in [0.15, 0.2) is 93.4 Å². The number of ketones is 1. The van der Waals surface area contributed by atoms with Crippen LogP contribution in [0.2, 0.25) is 5.02 Å². The SMILES string of the molecule is C=CCOc1ccc(C2C(C(=O)c3ccc(C)o3)=C(O)C(=O)N2c2nnc(SCc3ccc(Cl)cc3)s2)cc1. The summed E-state index contributed by atoms with van der Waals surface area (Å²) in [6.07, 6.45) is 1.63. The Kier molecular flexibility index (Phi) is 7.87. The topological polar surface area (TPSA) is 106 Å². The van der Waals surface area contributed by atoms with Crippen LogP contribution in [0.5, 0.6) is 5.75 Å². The van der Waals surface area contributed by atoms with Crippen molar-refractivity contribution in [2.75, 3.05) is 11.5 Å². The third kappa shape index (κ3) is 5.63. The summed E-state index contributed by atoms with van der Waals surface area (Å²) in [6, 6.07) is 16.6. The predicted molar refractivity (Wildman–Crippen MR) is 151 cm³/mol. The third-order valence-corrected chi connectivity index (χ3v) is 8.24. The van der Waals surface area contributed by atoms with E-state index in [9.17, 15) is 14.7 Å². The molecule has 5 rings (SSSR count). The molecule has 11 heteroatoms. The first-order valence-corrected chi connectivity index (χ1v) is 14.0. The van der Waals surface area contributed by atoms with Crippen LogP contribution in [-0.2, 0) is 10.5 Å². The lowest BCUT2D eigenvalue weighted by atomic mass is 9.95. The number of aliphatic hydroxyl groups is 1. The summed E-state index contributed by atoms with van der Waals surface area (Å²) in [7, 11) is 0. The molecule has 0 spiro atoms. The number of amides is 1. The summed E-state index contributed by atoms with van der Waals surface area (Å²) in [5, 5.41) is 20.3. The molecule has 2 aromatic carbocycles. The van der Waals surface area contributed by atoms with Crippen molar-refractivity contribution < 1.29 is 23.8 Å². The second-order valence-corrected chi connectivity index (χ2v) is 11.1. The van der Waals surface area contributed by atoms with Gasteiger partial charge >= 0.3 is 0 Å². The fourth-order valence-electron chi connectivity index (χ4n) is 4.02. The molecule has 0 bridgehead atoms. The lowest BCUT2D eigenvalue weighted by molar-refractivity contribution is -0.117. The molecule has 0 saturated carbocycles. The van der Waals surface area contributed by atoms with Gasteiger partial charge in [0.15, 0.2) is 15.9 Å². The van der Waals surface area contributed by atoms with Gasteiger partial charge in [0.1, 0.15) is 18.1 Å². The normalized spacial score (nSPS) is 15.2. The van der Waals surface area contributed by atoms with Gasteiger partial charge in [-0.25, -0.2) is 0 Å². The highest BCUT2D eigenvalue weighted by atomic mass is 35.5. The molecular weight excluding hydrogens is 558 g/mol. The molecule has 0 fully saturated rings. The molecule has 1 N–H and O–H groups in total. The molecule has 0 radical (unpaired) electrons. The summed E-state index contributed by atoms with van der Waals surface area (Å²) >= 11 is 8.62. The number of hydrogen-bond acceptors (Lipinski definition) is 9. The third-order valence-electron chi connectivity index (χ3n) is 5.86. The molecule has 4 aromatic rings. The minimum atomic E-state index is -0.953. The highest BCUT2D eigenvalue weighted by molar-refractivity contribution is 8.00. The van der Waals surface area contributed by atoms with Crippen molar-refractivity contribution in [1.82, 2.24) is 10.2 Å². The summed E-state index contributed by atoms with van der Waals surface area (Å²) in [5.74, 6) is -0.215. The summed E-state index contributed by atoms with van der Waals surface area (Å²) in [5.41, 5.74) is 1.53. The number of aliphatic hydroxyl groups excluding tert-OH is 1. The quantitative estimate of drug-likeness (QED) is 0.0953. The number of rotatable bonds is 10.